The molecule has 10 N–H and O–H groups in total. The van der Waals surface area contributed by atoms with Gasteiger partial charge >= 0.3 is 38.0 Å². The third-order valence-corrected chi connectivity index (χ3v) is 15.6. The summed E-state index contributed by atoms with van der Waals surface area (Å²) in [6.07, 6.45) is 27.2. The molecule has 7 rings (SSSR count). The van der Waals surface area contributed by atoms with Crippen LogP contribution in [0.25, 0.3) is 0 Å². The zero-order valence-electron chi connectivity index (χ0n) is 46.8. The van der Waals surface area contributed by atoms with E-state index in [2.05, 4.69) is 38.5 Å². The number of hydrogen-bond acceptors (Lipinski definition) is 12. The quantitative estimate of drug-likeness (QED) is 0.0451. The number of aliphatic carboxylic acids is 2. The predicted molar refractivity (Wildman–Crippen MR) is 324 cm³/mol. The van der Waals surface area contributed by atoms with Gasteiger partial charge in [0.25, 0.3) is 0 Å². The molecule has 0 amide bonds. The average molecular weight is 1190 g/mol. The first-order valence-corrected chi connectivity index (χ1v) is 29.6. The van der Waals surface area contributed by atoms with Crippen LogP contribution in [0.4, 0.5) is 0 Å². The second kappa shape index (κ2) is 40.6. The molecule has 3 aromatic carbocycles. The van der Waals surface area contributed by atoms with Crippen molar-refractivity contribution in [1.29, 1.82) is 0 Å². The van der Waals surface area contributed by atoms with Crippen LogP contribution < -0.4 is 21.9 Å². The summed E-state index contributed by atoms with van der Waals surface area (Å²) in [5.41, 5.74) is 12.0. The number of carboxylic acid groups (broad SMARTS) is 2. The highest BCUT2D eigenvalue weighted by Gasteiger charge is 2.42. The average Bonchev–Trinajstić information content (AvgIpc) is 3.38. The lowest BCUT2D eigenvalue weighted by Gasteiger charge is -2.35. The molecular weight excluding hydrogens is 1100 g/mol. The SMILES string of the molecule is BrCc1ccccc1.CB(O)NC1(C(=O)O)CCCCCCC1.CB(O)NC1(C(=O)OCc2ccccc2)CCCCCCC1.Cl.Cl.NC1(C(=O)O)CCCCCCC1.NC1(C(=O)OCc2ccccc2)CCCCCCC1. The molecule has 4 saturated carbocycles. The van der Waals surface area contributed by atoms with E-state index in [0.29, 0.717) is 32.3 Å². The molecule has 0 aromatic heterocycles. The van der Waals surface area contributed by atoms with Gasteiger partial charge in [0, 0.05) is 5.33 Å². The van der Waals surface area contributed by atoms with Crippen LogP contribution in [0.1, 0.15) is 196 Å². The van der Waals surface area contributed by atoms with Gasteiger partial charge in [-0.1, -0.05) is 235 Å². The molecule has 0 atom stereocenters. The van der Waals surface area contributed by atoms with Gasteiger partial charge in [0.2, 0.25) is 0 Å². The molecule has 3 aromatic rings. The van der Waals surface area contributed by atoms with Gasteiger partial charge in [-0.05, 0) is 81.7 Å². The summed E-state index contributed by atoms with van der Waals surface area (Å²) in [6.45, 7) is 3.83. The Morgan fingerprint density at radius 3 is 1.04 bits per heavy atom. The Labute approximate surface area is 488 Å². The monoisotopic (exact) mass is 1190 g/mol. The highest BCUT2D eigenvalue weighted by Crippen LogP contribution is 2.30. The van der Waals surface area contributed by atoms with Crippen LogP contribution in [-0.4, -0.2) is 80.4 Å². The van der Waals surface area contributed by atoms with Gasteiger partial charge in [-0.3, -0.25) is 19.2 Å². The molecule has 78 heavy (non-hydrogen) atoms. The number of benzene rings is 3. The second-order valence-corrected chi connectivity index (χ2v) is 22.1. The molecule has 4 fully saturated rings. The fraction of sp³-hybridized carbons (Fsp3) is 0.627. The van der Waals surface area contributed by atoms with Crippen LogP contribution in [0, 0.1) is 0 Å². The number of esters is 2. The van der Waals surface area contributed by atoms with Crippen LogP contribution in [-0.2, 0) is 47.2 Å². The van der Waals surface area contributed by atoms with Gasteiger partial charge in [-0.15, -0.1) is 24.8 Å². The number of carboxylic acids is 2. The standard InChI is InChI=1S/C17H26BNO3.C16H23NO2.C10H20BNO3.C9H17NO2.C7H7Br.2ClH/c1-18(21)19-17(12-8-3-2-4-9-13-17)16(20)22-14-15-10-6-5-7-11-15;17-16(11-7-2-1-3-8-12-16)15(18)19-13-14-9-5-4-6-10-14;1-11(15)12-10(9(13)14)7-5-3-2-4-6-8-10;10-9(8(11)12)6-4-2-1-3-5-7-9;8-6-7-4-2-1-3-5-7;;/h5-7,10-11,19,21H,2-4,8-9,12-14H2,1H3;4-6,9-10H,1-3,7-8,11-13,17H2;12,15H,2-8H2,1H3,(H,13,14);1-7,10H2,(H,11,12);1-5H,6H2;2*1H. The van der Waals surface area contributed by atoms with Crippen LogP contribution in [0.5, 0.6) is 0 Å². The van der Waals surface area contributed by atoms with Crippen molar-refractivity contribution in [2.75, 3.05) is 0 Å². The second-order valence-electron chi connectivity index (χ2n) is 21.5. The first-order valence-electron chi connectivity index (χ1n) is 28.5. The van der Waals surface area contributed by atoms with E-state index < -0.39 is 48.2 Å². The Morgan fingerprint density at radius 1 is 0.449 bits per heavy atom. The third-order valence-electron chi connectivity index (χ3n) is 14.9. The van der Waals surface area contributed by atoms with Crippen molar-refractivity contribution in [3.8, 4) is 0 Å². The topological polar surface area (TPSA) is 244 Å². The van der Waals surface area contributed by atoms with Crippen molar-refractivity contribution in [3.05, 3.63) is 108 Å². The van der Waals surface area contributed by atoms with Crippen LogP contribution in [0.2, 0.25) is 13.6 Å². The maximum absolute atomic E-state index is 12.7. The Morgan fingerprint density at radius 2 is 0.731 bits per heavy atom. The first-order chi connectivity index (χ1) is 36.5. The molecule has 19 heteroatoms. The minimum Gasteiger partial charge on any atom is -0.480 e. The van der Waals surface area contributed by atoms with E-state index in [-0.39, 0.29) is 43.4 Å². The van der Waals surface area contributed by atoms with Gasteiger partial charge in [0.1, 0.15) is 35.4 Å². The molecule has 4 aliphatic carbocycles. The molecule has 4 aliphatic rings. The Bertz CT molecular complexity index is 2040. The molecule has 0 bridgehead atoms. The van der Waals surface area contributed by atoms with E-state index in [1.54, 1.807) is 13.6 Å². The van der Waals surface area contributed by atoms with Crippen molar-refractivity contribution >= 4 is 78.7 Å². The first kappa shape index (κ1) is 72.5. The Hall–Kier alpha value is -3.51. The largest absolute Gasteiger partial charge is 0.480 e. The number of nitrogens with two attached hydrogens (primary N) is 2. The molecule has 0 heterocycles. The number of carbonyl (C=O) groups is 4. The van der Waals surface area contributed by atoms with Gasteiger partial charge in [0.05, 0.1) is 0 Å². The van der Waals surface area contributed by atoms with Gasteiger partial charge < -0.3 is 51.7 Å². The summed E-state index contributed by atoms with van der Waals surface area (Å²) < 4.78 is 11.0. The number of carbonyl (C=O) groups excluding carboxylic acids is 2. The van der Waals surface area contributed by atoms with E-state index in [1.165, 1.54) is 44.1 Å². The fourth-order valence-corrected chi connectivity index (χ4v) is 10.8. The normalized spacial score (nSPS) is 18.6. The summed E-state index contributed by atoms with van der Waals surface area (Å²) in [6, 6.07) is 29.7. The zero-order valence-corrected chi connectivity index (χ0v) is 50.0. The van der Waals surface area contributed by atoms with E-state index in [1.807, 2.05) is 78.9 Å². The third kappa shape index (κ3) is 28.3. The lowest BCUT2D eigenvalue weighted by atomic mass is 9.76. The van der Waals surface area contributed by atoms with Crippen molar-refractivity contribution in [1.82, 2.24) is 10.5 Å². The Balaban J connectivity index is 0.000000501. The van der Waals surface area contributed by atoms with Crippen LogP contribution in [0.15, 0.2) is 91.0 Å². The van der Waals surface area contributed by atoms with Gasteiger partial charge in [0.15, 0.2) is 0 Å². The summed E-state index contributed by atoms with van der Waals surface area (Å²) in [5, 5.41) is 44.1. The zero-order chi connectivity index (χ0) is 55.6. The van der Waals surface area contributed by atoms with Crippen LogP contribution in [0.3, 0.4) is 0 Å². The van der Waals surface area contributed by atoms with Crippen molar-refractivity contribution in [3.63, 3.8) is 0 Å². The lowest BCUT2D eigenvalue weighted by Crippen LogP contribution is -2.58. The van der Waals surface area contributed by atoms with E-state index >= 15 is 0 Å². The van der Waals surface area contributed by atoms with Crippen molar-refractivity contribution < 1.29 is 48.9 Å². The number of hydrogen-bond donors (Lipinski definition) is 8. The molecular formula is C59H95B2BrCl2N4O10. The fourth-order valence-electron chi connectivity index (χ4n) is 10.4. The van der Waals surface area contributed by atoms with Crippen molar-refractivity contribution in [2.45, 2.75) is 234 Å². The minimum absolute atomic E-state index is 0. The lowest BCUT2D eigenvalue weighted by molar-refractivity contribution is -0.154. The summed E-state index contributed by atoms with van der Waals surface area (Å²) in [4.78, 5) is 47.0. The van der Waals surface area contributed by atoms with Gasteiger partial charge in [-0.2, -0.15) is 0 Å². The van der Waals surface area contributed by atoms with Gasteiger partial charge in [-0.25, -0.2) is 0 Å². The maximum atomic E-state index is 12.7. The molecule has 438 valence electrons. The Kier molecular flexibility index (Phi) is 37.8. The number of ether oxygens (including phenoxy) is 2. The smallest absolute Gasteiger partial charge is 0.374 e. The molecule has 0 radical (unpaired) electrons. The van der Waals surface area contributed by atoms with E-state index in [0.717, 1.165) is 132 Å². The van der Waals surface area contributed by atoms with Crippen LogP contribution >= 0.6 is 40.7 Å². The minimum atomic E-state index is -0.930. The molecule has 14 nitrogen and oxygen atoms in total. The molecule has 0 spiro atoms. The molecule has 0 unspecified atom stereocenters. The predicted octanol–water partition coefficient (Wildman–Crippen LogP) is 12.3. The highest BCUT2D eigenvalue weighted by atomic mass is 79.9. The maximum Gasteiger partial charge on any atom is 0.374 e. The highest BCUT2D eigenvalue weighted by molar-refractivity contribution is 9.08. The summed E-state index contributed by atoms with van der Waals surface area (Å²) >= 11 is 3.36. The number of nitrogens with one attached hydrogen (secondary N) is 2. The molecule has 0 saturated heterocycles. The number of halogens is 3. The number of rotatable bonds is 13. The van der Waals surface area contributed by atoms with Crippen molar-refractivity contribution in [2.24, 2.45) is 11.5 Å². The molecule has 0 aliphatic heterocycles. The van der Waals surface area contributed by atoms with E-state index in [9.17, 15) is 34.3 Å². The number of alkyl halides is 1. The van der Waals surface area contributed by atoms with E-state index in [4.69, 9.17) is 26.0 Å². The summed E-state index contributed by atoms with van der Waals surface area (Å²) in [7, 11) is -1.48. The summed E-state index contributed by atoms with van der Waals surface area (Å²) in [5.74, 6) is -2.13.